The number of nitrogens with zero attached hydrogens (tertiary/aromatic N) is 1. The molecule has 3 rings (SSSR count). The Morgan fingerprint density at radius 1 is 1.57 bits per heavy atom. The second-order valence-electron chi connectivity index (χ2n) is 3.93. The minimum absolute atomic E-state index is 0.0406. The molecule has 1 aromatic heterocycles. The van der Waals surface area contributed by atoms with Gasteiger partial charge in [-0.2, -0.15) is 0 Å². The Morgan fingerprint density at radius 2 is 2.36 bits per heavy atom. The minimum atomic E-state index is -0.0406. The summed E-state index contributed by atoms with van der Waals surface area (Å²) in [5, 5.41) is 0. The van der Waals surface area contributed by atoms with Gasteiger partial charge in [-0.1, -0.05) is 12.1 Å². The van der Waals surface area contributed by atoms with E-state index in [0.29, 0.717) is 12.1 Å². The van der Waals surface area contributed by atoms with Crippen LogP contribution in [0.15, 0.2) is 23.0 Å². The van der Waals surface area contributed by atoms with E-state index in [1.54, 1.807) is 12.1 Å². The van der Waals surface area contributed by atoms with E-state index in [9.17, 15) is 4.79 Å². The third-order valence-electron chi connectivity index (χ3n) is 2.77. The molecule has 1 heterocycles. The normalized spacial score (nSPS) is 17.4. The zero-order chi connectivity index (χ0) is 10.6. The number of aromatic amines is 1. The molecule has 0 amide bonds. The molecule has 1 N–H and O–H groups in total. The topological polar surface area (TPSA) is 37.8 Å². The number of fused-ring (bicyclic) bond motifs is 1. The third-order valence-corrected chi connectivity index (χ3v) is 2.77. The molecule has 0 aliphatic heterocycles. The Balaban J connectivity index is 2.43. The standard InChI is InChI=1S/C11H12N2O/c1-7-3-2-4-9-10(7)13(8-5-6-8)11(14)12-9/h2-4,8H,5-6H2,1H3,(H,12,14)/i2D. The van der Waals surface area contributed by atoms with Gasteiger partial charge in [0.2, 0.25) is 0 Å². The van der Waals surface area contributed by atoms with Crippen molar-refractivity contribution in [2.45, 2.75) is 25.8 Å². The number of aryl methyl sites for hydroxylation is 1. The molecule has 1 aliphatic rings. The fourth-order valence-electron chi connectivity index (χ4n) is 1.97. The van der Waals surface area contributed by atoms with E-state index in [-0.39, 0.29) is 5.69 Å². The van der Waals surface area contributed by atoms with Crippen LogP contribution < -0.4 is 5.69 Å². The van der Waals surface area contributed by atoms with Gasteiger partial charge in [-0.15, -0.1) is 0 Å². The number of nitrogens with one attached hydrogen (secondary N) is 1. The Bertz CT molecular complexity index is 592. The Kier molecular flexibility index (Phi) is 1.23. The van der Waals surface area contributed by atoms with Crippen LogP contribution in [0.5, 0.6) is 0 Å². The lowest BCUT2D eigenvalue weighted by Crippen LogP contribution is -2.15. The summed E-state index contributed by atoms with van der Waals surface area (Å²) in [5.74, 6) is 0. The van der Waals surface area contributed by atoms with Crippen LogP contribution in [0.4, 0.5) is 0 Å². The average molecular weight is 189 g/mol. The van der Waals surface area contributed by atoms with E-state index in [2.05, 4.69) is 4.98 Å². The second-order valence-corrected chi connectivity index (χ2v) is 3.93. The van der Waals surface area contributed by atoms with Crippen molar-refractivity contribution in [1.29, 1.82) is 0 Å². The van der Waals surface area contributed by atoms with Crippen LogP contribution >= 0.6 is 0 Å². The molecule has 0 bridgehead atoms. The molecule has 1 fully saturated rings. The number of aromatic nitrogens is 2. The van der Waals surface area contributed by atoms with Crippen LogP contribution in [0, 0.1) is 6.92 Å². The highest BCUT2D eigenvalue weighted by Gasteiger charge is 2.27. The molecule has 14 heavy (non-hydrogen) atoms. The van der Waals surface area contributed by atoms with Gasteiger partial charge in [0.25, 0.3) is 0 Å². The maximum Gasteiger partial charge on any atom is 0.326 e. The first-order valence-electron chi connectivity index (χ1n) is 5.38. The molecule has 3 nitrogen and oxygen atoms in total. The quantitative estimate of drug-likeness (QED) is 0.731. The molecule has 0 saturated heterocycles. The number of hydrogen-bond acceptors (Lipinski definition) is 1. The first-order chi connectivity index (χ1) is 7.16. The summed E-state index contributed by atoms with van der Waals surface area (Å²) >= 11 is 0. The van der Waals surface area contributed by atoms with E-state index in [1.807, 2.05) is 11.5 Å². The highest BCUT2D eigenvalue weighted by Crippen LogP contribution is 2.36. The maximum absolute atomic E-state index is 11.7. The summed E-state index contributed by atoms with van der Waals surface area (Å²) in [4.78, 5) is 14.5. The molecular weight excluding hydrogens is 176 g/mol. The van der Waals surface area contributed by atoms with Crippen molar-refractivity contribution in [3.05, 3.63) is 34.2 Å². The Hall–Kier alpha value is -1.51. The van der Waals surface area contributed by atoms with Gasteiger partial charge in [0.1, 0.15) is 0 Å². The third kappa shape index (κ3) is 0.953. The number of H-pyrrole nitrogens is 1. The van der Waals surface area contributed by atoms with Crippen LogP contribution in [0.3, 0.4) is 0 Å². The van der Waals surface area contributed by atoms with E-state index in [1.165, 1.54) is 0 Å². The van der Waals surface area contributed by atoms with E-state index in [0.717, 1.165) is 29.4 Å². The monoisotopic (exact) mass is 189 g/mol. The molecule has 0 atom stereocenters. The van der Waals surface area contributed by atoms with E-state index >= 15 is 0 Å². The maximum atomic E-state index is 11.7. The molecular formula is C11H12N2O. The molecule has 72 valence electrons. The summed E-state index contributed by atoms with van der Waals surface area (Å²) in [7, 11) is 0. The lowest BCUT2D eigenvalue weighted by Gasteiger charge is -2.01. The highest BCUT2D eigenvalue weighted by atomic mass is 16.1. The highest BCUT2D eigenvalue weighted by molar-refractivity contribution is 5.79. The number of para-hydroxylation sites is 1. The molecule has 0 radical (unpaired) electrons. The van der Waals surface area contributed by atoms with Gasteiger partial charge in [0, 0.05) is 6.04 Å². The molecule has 1 aromatic carbocycles. The molecule has 1 aliphatic carbocycles. The van der Waals surface area contributed by atoms with Gasteiger partial charge in [-0.05, 0) is 31.4 Å². The zero-order valence-corrected chi connectivity index (χ0v) is 8.00. The second kappa shape index (κ2) is 2.50. The van der Waals surface area contributed by atoms with Gasteiger partial charge in [0.15, 0.2) is 0 Å². The number of rotatable bonds is 1. The van der Waals surface area contributed by atoms with Crippen LogP contribution in [-0.4, -0.2) is 9.55 Å². The SMILES string of the molecule is [2H]c1cc(C)c2c(c1)[nH]c(=O)n2C1CC1. The minimum Gasteiger partial charge on any atom is -0.306 e. The molecule has 0 unspecified atom stereocenters. The summed E-state index contributed by atoms with van der Waals surface area (Å²) in [5.41, 5.74) is 2.72. The van der Waals surface area contributed by atoms with Crippen LogP contribution in [0.2, 0.25) is 0 Å². The first kappa shape index (κ1) is 6.87. The number of benzene rings is 1. The fourth-order valence-corrected chi connectivity index (χ4v) is 1.97. The lowest BCUT2D eigenvalue weighted by molar-refractivity contribution is 0.732. The van der Waals surface area contributed by atoms with Gasteiger partial charge >= 0.3 is 5.69 Å². The predicted molar refractivity (Wildman–Crippen MR) is 55.6 cm³/mol. The van der Waals surface area contributed by atoms with Gasteiger partial charge in [-0.3, -0.25) is 4.57 Å². The first-order valence-corrected chi connectivity index (χ1v) is 4.88. The predicted octanol–water partition coefficient (Wildman–Crippen LogP) is 1.97. The fraction of sp³-hybridized carbons (Fsp3) is 0.364. The summed E-state index contributed by atoms with van der Waals surface area (Å²) < 4.78 is 9.43. The Labute approximate surface area is 82.8 Å². The largest absolute Gasteiger partial charge is 0.326 e. The lowest BCUT2D eigenvalue weighted by atomic mass is 10.2. The van der Waals surface area contributed by atoms with Crippen molar-refractivity contribution in [1.82, 2.24) is 9.55 Å². The smallest absolute Gasteiger partial charge is 0.306 e. The zero-order valence-electron chi connectivity index (χ0n) is 9.00. The number of imidazole rings is 1. The van der Waals surface area contributed by atoms with Crippen LogP contribution in [0.25, 0.3) is 11.0 Å². The van der Waals surface area contributed by atoms with Gasteiger partial charge in [-0.25, -0.2) is 4.79 Å². The van der Waals surface area contributed by atoms with Crippen molar-refractivity contribution >= 4 is 11.0 Å². The summed E-state index contributed by atoms with van der Waals surface area (Å²) in [6.45, 7) is 1.95. The summed E-state index contributed by atoms with van der Waals surface area (Å²) in [6.07, 6.45) is 2.18. The molecule has 1 saturated carbocycles. The van der Waals surface area contributed by atoms with Crippen LogP contribution in [-0.2, 0) is 0 Å². The van der Waals surface area contributed by atoms with Crippen molar-refractivity contribution in [2.24, 2.45) is 0 Å². The van der Waals surface area contributed by atoms with E-state index < -0.39 is 0 Å². The van der Waals surface area contributed by atoms with E-state index in [4.69, 9.17) is 1.37 Å². The van der Waals surface area contributed by atoms with Crippen molar-refractivity contribution in [3.8, 4) is 0 Å². The van der Waals surface area contributed by atoms with Crippen molar-refractivity contribution in [2.75, 3.05) is 0 Å². The molecule has 2 aromatic rings. The van der Waals surface area contributed by atoms with Crippen molar-refractivity contribution in [3.63, 3.8) is 0 Å². The van der Waals surface area contributed by atoms with Gasteiger partial charge in [0.05, 0.1) is 12.4 Å². The summed E-state index contributed by atoms with van der Waals surface area (Å²) in [6, 6.07) is 4.34. The van der Waals surface area contributed by atoms with Gasteiger partial charge < -0.3 is 4.98 Å². The molecule has 3 heteroatoms. The van der Waals surface area contributed by atoms with Crippen LogP contribution in [0.1, 0.15) is 25.8 Å². The Morgan fingerprint density at radius 3 is 3.07 bits per heavy atom. The molecule has 0 spiro atoms. The average Bonchev–Trinajstić information content (AvgIpc) is 2.89. The number of hydrogen-bond donors (Lipinski definition) is 1. The van der Waals surface area contributed by atoms with Crippen molar-refractivity contribution < 1.29 is 1.37 Å².